The van der Waals surface area contributed by atoms with Crippen molar-refractivity contribution in [2.24, 2.45) is 5.14 Å². The van der Waals surface area contributed by atoms with Crippen molar-refractivity contribution in [1.29, 1.82) is 0 Å². The number of hydrogen-bond donors (Lipinski definition) is 1. The number of primary sulfonamides is 1. The summed E-state index contributed by atoms with van der Waals surface area (Å²) in [7, 11) is -3.71. The highest BCUT2D eigenvalue weighted by molar-refractivity contribution is 7.89. The van der Waals surface area contributed by atoms with Crippen molar-refractivity contribution in [1.82, 2.24) is 9.80 Å². The number of fused-ring (bicyclic) bond motifs is 1. The van der Waals surface area contributed by atoms with E-state index >= 15 is 0 Å². The first-order valence-electron chi connectivity index (χ1n) is 10.3. The van der Waals surface area contributed by atoms with Gasteiger partial charge in [0.05, 0.1) is 11.4 Å². The maximum absolute atomic E-state index is 12.8. The summed E-state index contributed by atoms with van der Waals surface area (Å²) in [5.74, 6) is 0.119. The van der Waals surface area contributed by atoms with Gasteiger partial charge < -0.3 is 9.80 Å². The molecule has 0 aliphatic carbocycles. The molecule has 4 rings (SSSR count). The number of nitrogens with two attached hydrogens (primary N) is 1. The van der Waals surface area contributed by atoms with Crippen LogP contribution in [0.25, 0.3) is 0 Å². The number of rotatable bonds is 5. The number of benzene rings is 2. The van der Waals surface area contributed by atoms with Crippen LogP contribution in [-0.2, 0) is 27.8 Å². The van der Waals surface area contributed by atoms with Gasteiger partial charge in [0.2, 0.25) is 15.9 Å². The fourth-order valence-corrected chi connectivity index (χ4v) is 4.84. The summed E-state index contributed by atoms with van der Waals surface area (Å²) in [6.45, 7) is 7.25. The zero-order valence-corrected chi connectivity index (χ0v) is 18.1. The Balaban J connectivity index is 1.32. The highest BCUT2D eigenvalue weighted by Crippen LogP contribution is 2.29. The molecule has 0 atom stereocenters. The third kappa shape index (κ3) is 4.66. The molecule has 160 valence electrons. The molecule has 0 saturated carbocycles. The van der Waals surface area contributed by atoms with Crippen LogP contribution < -0.4 is 10.0 Å². The Kier molecular flexibility index (Phi) is 5.81. The summed E-state index contributed by atoms with van der Waals surface area (Å²) in [5, 5.41) is 5.22. The van der Waals surface area contributed by atoms with Crippen LogP contribution in [0.4, 0.5) is 5.69 Å². The Hall–Kier alpha value is -2.42. The second kappa shape index (κ2) is 8.37. The van der Waals surface area contributed by atoms with E-state index in [1.54, 1.807) is 12.1 Å². The zero-order valence-electron chi connectivity index (χ0n) is 17.3. The Morgan fingerprint density at radius 3 is 2.50 bits per heavy atom. The Labute approximate surface area is 178 Å². The third-order valence-corrected chi connectivity index (χ3v) is 6.82. The molecule has 30 heavy (non-hydrogen) atoms. The number of hydrogen-bond acceptors (Lipinski definition) is 5. The topological polar surface area (TPSA) is 86.9 Å². The van der Waals surface area contributed by atoms with E-state index in [1.807, 2.05) is 9.80 Å². The van der Waals surface area contributed by atoms with Gasteiger partial charge in [-0.1, -0.05) is 29.8 Å². The second-order valence-corrected chi connectivity index (χ2v) is 9.71. The molecule has 7 nitrogen and oxygen atoms in total. The largest absolute Gasteiger partial charge is 0.362 e. The van der Waals surface area contributed by atoms with Crippen LogP contribution in [0.15, 0.2) is 47.4 Å². The van der Waals surface area contributed by atoms with Gasteiger partial charge in [-0.2, -0.15) is 0 Å². The predicted molar refractivity (Wildman–Crippen MR) is 117 cm³/mol. The van der Waals surface area contributed by atoms with Crippen LogP contribution in [0.3, 0.4) is 0 Å². The number of nitrogens with zero attached hydrogens (tertiary/aromatic N) is 3. The molecule has 0 radical (unpaired) electrons. The van der Waals surface area contributed by atoms with Gasteiger partial charge in [-0.3, -0.25) is 9.69 Å². The maximum Gasteiger partial charge on any atom is 0.242 e. The van der Waals surface area contributed by atoms with Gasteiger partial charge >= 0.3 is 0 Å². The fourth-order valence-electron chi connectivity index (χ4n) is 4.28. The maximum atomic E-state index is 12.8. The van der Waals surface area contributed by atoms with E-state index in [-0.39, 0.29) is 10.8 Å². The standard InChI is InChI=1S/C22H28N4O3S/c1-17-3-2-4-18(13-17)15-24-9-11-25(12-10-24)22(27)16-26-8-7-19-14-20(30(23,28)29)5-6-21(19)26/h2-6,13-14H,7-12,15-16H2,1H3,(H2,23,28,29). The van der Waals surface area contributed by atoms with Crippen LogP contribution in [0, 0.1) is 6.92 Å². The average molecular weight is 429 g/mol. The summed E-state index contributed by atoms with van der Waals surface area (Å²) in [6.07, 6.45) is 0.718. The van der Waals surface area contributed by atoms with E-state index in [2.05, 4.69) is 36.1 Å². The Morgan fingerprint density at radius 2 is 1.80 bits per heavy atom. The molecule has 2 aromatic rings. The molecule has 2 aliphatic heterocycles. The number of aryl methyl sites for hydroxylation is 1. The van der Waals surface area contributed by atoms with Gasteiger partial charge in [0.1, 0.15) is 0 Å². The summed E-state index contributed by atoms with van der Waals surface area (Å²) in [6, 6.07) is 13.5. The van der Waals surface area contributed by atoms with Crippen LogP contribution in [0.2, 0.25) is 0 Å². The zero-order chi connectivity index (χ0) is 21.3. The average Bonchev–Trinajstić information content (AvgIpc) is 3.10. The Morgan fingerprint density at radius 1 is 1.03 bits per heavy atom. The van der Waals surface area contributed by atoms with Crippen molar-refractivity contribution in [2.75, 3.05) is 44.2 Å². The number of anilines is 1. The minimum absolute atomic E-state index is 0.119. The summed E-state index contributed by atoms with van der Waals surface area (Å²) in [5.41, 5.74) is 4.43. The number of carbonyl (C=O) groups is 1. The molecule has 8 heteroatoms. The number of sulfonamides is 1. The molecular weight excluding hydrogens is 400 g/mol. The summed E-state index contributed by atoms with van der Waals surface area (Å²) >= 11 is 0. The molecule has 0 unspecified atom stereocenters. The van der Waals surface area contributed by atoms with E-state index in [4.69, 9.17) is 5.14 Å². The first kappa shape index (κ1) is 20.8. The first-order valence-corrected chi connectivity index (χ1v) is 11.8. The monoisotopic (exact) mass is 428 g/mol. The van der Waals surface area contributed by atoms with Crippen molar-refractivity contribution in [3.8, 4) is 0 Å². The molecule has 2 N–H and O–H groups in total. The fraction of sp³-hybridized carbons (Fsp3) is 0.409. The third-order valence-electron chi connectivity index (χ3n) is 5.91. The van der Waals surface area contributed by atoms with E-state index in [9.17, 15) is 13.2 Å². The number of piperazine rings is 1. The van der Waals surface area contributed by atoms with Crippen LogP contribution in [0.1, 0.15) is 16.7 Å². The molecule has 1 fully saturated rings. The highest BCUT2D eigenvalue weighted by Gasteiger charge is 2.27. The molecular formula is C22H28N4O3S. The molecule has 0 bridgehead atoms. The number of carbonyl (C=O) groups excluding carboxylic acids is 1. The normalized spacial score (nSPS) is 17.3. The molecule has 0 aromatic heterocycles. The highest BCUT2D eigenvalue weighted by atomic mass is 32.2. The van der Waals surface area contributed by atoms with Crippen molar-refractivity contribution in [2.45, 2.75) is 24.8 Å². The number of amides is 1. The van der Waals surface area contributed by atoms with E-state index in [0.29, 0.717) is 13.1 Å². The van der Waals surface area contributed by atoms with Crippen LogP contribution >= 0.6 is 0 Å². The van der Waals surface area contributed by atoms with Crippen LogP contribution in [-0.4, -0.2) is 63.4 Å². The van der Waals surface area contributed by atoms with Crippen LogP contribution in [0.5, 0.6) is 0 Å². The van der Waals surface area contributed by atoms with Gasteiger partial charge in [-0.15, -0.1) is 0 Å². The van der Waals surface area contributed by atoms with Gasteiger partial charge in [0, 0.05) is 45.0 Å². The molecule has 2 aliphatic rings. The molecule has 1 amide bonds. The van der Waals surface area contributed by atoms with Gasteiger partial charge in [-0.25, -0.2) is 13.6 Å². The second-order valence-electron chi connectivity index (χ2n) is 8.15. The van der Waals surface area contributed by atoms with Gasteiger partial charge in [-0.05, 0) is 42.7 Å². The lowest BCUT2D eigenvalue weighted by atomic mass is 10.1. The van der Waals surface area contributed by atoms with Crippen molar-refractivity contribution < 1.29 is 13.2 Å². The van der Waals surface area contributed by atoms with Crippen molar-refractivity contribution in [3.63, 3.8) is 0 Å². The summed E-state index contributed by atoms with van der Waals surface area (Å²) in [4.78, 5) is 19.3. The van der Waals surface area contributed by atoms with Gasteiger partial charge in [0.15, 0.2) is 0 Å². The van der Waals surface area contributed by atoms with E-state index in [0.717, 1.165) is 50.4 Å². The molecule has 2 heterocycles. The molecule has 2 aromatic carbocycles. The SMILES string of the molecule is Cc1cccc(CN2CCN(C(=O)CN3CCc4cc(S(N)(=O)=O)ccc43)CC2)c1. The smallest absolute Gasteiger partial charge is 0.242 e. The lowest BCUT2D eigenvalue weighted by Crippen LogP contribution is -2.50. The minimum atomic E-state index is -3.71. The Bertz CT molecular complexity index is 1050. The first-order chi connectivity index (χ1) is 14.3. The lowest BCUT2D eigenvalue weighted by molar-refractivity contribution is -0.131. The van der Waals surface area contributed by atoms with Gasteiger partial charge in [0.25, 0.3) is 0 Å². The lowest BCUT2D eigenvalue weighted by Gasteiger charge is -2.35. The van der Waals surface area contributed by atoms with E-state index < -0.39 is 10.0 Å². The van der Waals surface area contributed by atoms with Crippen molar-refractivity contribution in [3.05, 3.63) is 59.2 Å². The van der Waals surface area contributed by atoms with E-state index in [1.165, 1.54) is 17.2 Å². The minimum Gasteiger partial charge on any atom is -0.362 e. The van der Waals surface area contributed by atoms with Crippen molar-refractivity contribution >= 4 is 21.6 Å². The summed E-state index contributed by atoms with van der Waals surface area (Å²) < 4.78 is 23.1. The molecule has 1 saturated heterocycles. The quantitative estimate of drug-likeness (QED) is 0.777. The molecule has 0 spiro atoms. The predicted octanol–water partition coefficient (Wildman–Crippen LogP) is 1.35.